The highest BCUT2D eigenvalue weighted by molar-refractivity contribution is 8.00. The van der Waals surface area contributed by atoms with Gasteiger partial charge < -0.3 is 20.2 Å². The molecule has 2 aliphatic rings. The molecule has 3 atom stereocenters. The van der Waals surface area contributed by atoms with E-state index in [-0.39, 0.29) is 34.8 Å². The summed E-state index contributed by atoms with van der Waals surface area (Å²) in [6, 6.07) is 12.9. The molecule has 13 heteroatoms. The standard InChI is InChI=1S/C25H26F3N5O4S/c1-16(33(24(35)36)37-21-8-2-17(12-29)3-9-21)13-32-19-6-7-20(32)15-31(14-19)23(34)30-18-4-10-22(11-5-18)38-25(26,27)28/h2-5,8-11,16,19-20H,6-7,13-15H2,1H3,(H,30,34)(H,35,36). The van der Waals surface area contributed by atoms with Crippen molar-refractivity contribution in [2.45, 2.75) is 48.3 Å². The highest BCUT2D eigenvalue weighted by Crippen LogP contribution is 2.37. The molecular weight excluding hydrogens is 523 g/mol. The normalized spacial score (nSPS) is 19.9. The zero-order valence-electron chi connectivity index (χ0n) is 20.4. The summed E-state index contributed by atoms with van der Waals surface area (Å²) in [5.41, 5.74) is -3.54. The van der Waals surface area contributed by atoms with Gasteiger partial charge in [-0.2, -0.15) is 18.4 Å². The number of rotatable bonds is 7. The molecule has 0 aliphatic carbocycles. The minimum absolute atomic E-state index is 0.0369. The van der Waals surface area contributed by atoms with Crippen LogP contribution in [0.4, 0.5) is 28.4 Å². The van der Waals surface area contributed by atoms with Crippen molar-refractivity contribution in [1.82, 2.24) is 14.9 Å². The molecule has 2 saturated heterocycles. The van der Waals surface area contributed by atoms with Gasteiger partial charge >= 0.3 is 17.6 Å². The molecule has 2 aromatic carbocycles. The molecule has 0 radical (unpaired) electrons. The number of carbonyl (C=O) groups excluding carboxylic acids is 1. The molecule has 0 spiro atoms. The third kappa shape index (κ3) is 6.81. The Morgan fingerprint density at radius 3 is 2.29 bits per heavy atom. The van der Waals surface area contributed by atoms with Gasteiger partial charge in [-0.15, -0.1) is 5.06 Å². The van der Waals surface area contributed by atoms with E-state index < -0.39 is 17.6 Å². The number of fused-ring (bicyclic) bond motifs is 2. The number of carboxylic acid groups (broad SMARTS) is 1. The predicted molar refractivity (Wildman–Crippen MR) is 134 cm³/mol. The van der Waals surface area contributed by atoms with Crippen molar-refractivity contribution in [3.8, 4) is 11.8 Å². The number of urea groups is 1. The second-order valence-corrected chi connectivity index (χ2v) is 10.3. The Kier molecular flexibility index (Phi) is 8.23. The van der Waals surface area contributed by atoms with Crippen molar-refractivity contribution in [3.63, 3.8) is 0 Å². The first-order valence-corrected chi connectivity index (χ1v) is 12.7. The van der Waals surface area contributed by atoms with Crippen LogP contribution in [0.1, 0.15) is 25.3 Å². The van der Waals surface area contributed by atoms with E-state index in [1.807, 2.05) is 6.07 Å². The average Bonchev–Trinajstić information content (AvgIpc) is 3.08. The lowest BCUT2D eigenvalue weighted by Gasteiger charge is -2.42. The zero-order chi connectivity index (χ0) is 27.4. The highest BCUT2D eigenvalue weighted by atomic mass is 32.2. The molecular formula is C25H26F3N5O4S. The lowest BCUT2D eigenvalue weighted by molar-refractivity contribution is -0.0769. The molecule has 2 aliphatic heterocycles. The van der Waals surface area contributed by atoms with E-state index >= 15 is 0 Å². The molecule has 2 N–H and O–H groups in total. The van der Waals surface area contributed by atoms with Gasteiger partial charge in [0, 0.05) is 42.3 Å². The van der Waals surface area contributed by atoms with Gasteiger partial charge in [0.1, 0.15) is 0 Å². The Morgan fingerprint density at radius 1 is 1.16 bits per heavy atom. The first-order valence-electron chi connectivity index (χ1n) is 11.9. The molecule has 2 fully saturated rings. The number of nitrogens with zero attached hydrogens (tertiary/aromatic N) is 4. The fraction of sp³-hybridized carbons (Fsp3) is 0.400. The van der Waals surface area contributed by atoms with Crippen LogP contribution < -0.4 is 10.2 Å². The second kappa shape index (κ2) is 11.4. The van der Waals surface area contributed by atoms with Crippen LogP contribution in [0.25, 0.3) is 0 Å². The van der Waals surface area contributed by atoms with Gasteiger partial charge in [-0.1, -0.05) is 0 Å². The number of alkyl halides is 3. The highest BCUT2D eigenvalue weighted by Gasteiger charge is 2.42. The SMILES string of the molecule is CC(CN1C2CCC1CN(C(=O)Nc1ccc(SC(F)(F)F)cc1)C2)N(Oc1ccc(C#N)cc1)C(=O)O. The smallest absolute Gasteiger partial charge is 0.446 e. The van der Waals surface area contributed by atoms with Crippen molar-refractivity contribution < 1.29 is 32.7 Å². The maximum absolute atomic E-state index is 12.9. The van der Waals surface area contributed by atoms with Crippen molar-refractivity contribution in [3.05, 3.63) is 54.1 Å². The molecule has 4 rings (SSSR count). The Bertz CT molecular complexity index is 1180. The number of piperazine rings is 1. The summed E-state index contributed by atoms with van der Waals surface area (Å²) in [5.74, 6) is 0.299. The van der Waals surface area contributed by atoms with Gasteiger partial charge in [0.2, 0.25) is 0 Å². The molecule has 0 saturated carbocycles. The summed E-state index contributed by atoms with van der Waals surface area (Å²) in [6.07, 6.45) is 0.467. The van der Waals surface area contributed by atoms with Crippen LogP contribution in [0.3, 0.4) is 0 Å². The second-order valence-electron chi connectivity index (χ2n) is 9.17. The number of hydrogen-bond donors (Lipinski definition) is 2. The van der Waals surface area contributed by atoms with Crippen LogP contribution >= 0.6 is 11.8 Å². The van der Waals surface area contributed by atoms with E-state index in [9.17, 15) is 27.9 Å². The van der Waals surface area contributed by atoms with Crippen LogP contribution in [0, 0.1) is 11.3 Å². The Morgan fingerprint density at radius 2 is 1.76 bits per heavy atom. The number of hydrogen-bond acceptors (Lipinski definition) is 6. The van der Waals surface area contributed by atoms with E-state index in [0.29, 0.717) is 36.6 Å². The van der Waals surface area contributed by atoms with Crippen molar-refractivity contribution in [2.24, 2.45) is 0 Å². The Balaban J connectivity index is 1.33. The number of nitrogens with one attached hydrogen (secondary N) is 1. The molecule has 2 aromatic rings. The van der Waals surface area contributed by atoms with Gasteiger partial charge in [-0.05, 0) is 80.1 Å². The number of thioether (sulfide) groups is 1. The first kappa shape index (κ1) is 27.4. The van der Waals surface area contributed by atoms with Crippen LogP contribution in [0.2, 0.25) is 0 Å². The summed E-state index contributed by atoms with van der Waals surface area (Å²) in [6.45, 7) is 3.05. The monoisotopic (exact) mass is 549 g/mol. The van der Waals surface area contributed by atoms with Gasteiger partial charge in [0.05, 0.1) is 17.7 Å². The van der Waals surface area contributed by atoms with Crippen LogP contribution in [-0.2, 0) is 0 Å². The lowest BCUT2D eigenvalue weighted by Crippen LogP contribution is -2.59. The summed E-state index contributed by atoms with van der Waals surface area (Å²) < 4.78 is 37.6. The molecule has 3 amide bonds. The third-order valence-corrected chi connectivity index (χ3v) is 7.25. The summed E-state index contributed by atoms with van der Waals surface area (Å²) in [4.78, 5) is 34.3. The summed E-state index contributed by atoms with van der Waals surface area (Å²) in [5, 5.41) is 22.3. The van der Waals surface area contributed by atoms with E-state index in [1.54, 1.807) is 24.0 Å². The lowest BCUT2D eigenvalue weighted by atomic mass is 10.1. The van der Waals surface area contributed by atoms with Crippen molar-refractivity contribution in [1.29, 1.82) is 5.26 Å². The minimum atomic E-state index is -4.38. The molecule has 2 heterocycles. The first-order chi connectivity index (χ1) is 18.0. The average molecular weight is 550 g/mol. The van der Waals surface area contributed by atoms with E-state index in [1.165, 1.54) is 36.4 Å². The van der Waals surface area contributed by atoms with E-state index in [2.05, 4.69) is 10.2 Å². The number of carbonyl (C=O) groups is 2. The third-order valence-electron chi connectivity index (χ3n) is 6.51. The molecule has 3 unspecified atom stereocenters. The van der Waals surface area contributed by atoms with Crippen molar-refractivity contribution in [2.75, 3.05) is 25.0 Å². The van der Waals surface area contributed by atoms with Gasteiger partial charge in [0.15, 0.2) is 5.75 Å². The number of hydroxylamine groups is 2. The zero-order valence-corrected chi connectivity index (χ0v) is 21.2. The summed E-state index contributed by atoms with van der Waals surface area (Å²) >= 11 is -0.214. The van der Waals surface area contributed by atoms with E-state index in [0.717, 1.165) is 17.9 Å². The van der Waals surface area contributed by atoms with E-state index in [4.69, 9.17) is 10.1 Å². The maximum atomic E-state index is 12.9. The summed E-state index contributed by atoms with van der Waals surface area (Å²) in [7, 11) is 0. The number of halogens is 3. The fourth-order valence-corrected chi connectivity index (χ4v) is 5.34. The van der Waals surface area contributed by atoms with Crippen LogP contribution in [0.5, 0.6) is 5.75 Å². The number of likely N-dealkylation sites (tertiary alicyclic amines) is 1. The predicted octanol–water partition coefficient (Wildman–Crippen LogP) is 5.21. The number of benzene rings is 2. The maximum Gasteiger partial charge on any atom is 0.446 e. The molecule has 38 heavy (non-hydrogen) atoms. The fourth-order valence-electron chi connectivity index (χ4n) is 4.80. The van der Waals surface area contributed by atoms with Gasteiger partial charge in [0.25, 0.3) is 0 Å². The van der Waals surface area contributed by atoms with Gasteiger partial charge in [-0.3, -0.25) is 4.90 Å². The molecule has 2 bridgehead atoms. The molecule has 202 valence electrons. The van der Waals surface area contributed by atoms with Crippen LogP contribution in [0.15, 0.2) is 53.4 Å². The Hall–Kier alpha value is -3.63. The van der Waals surface area contributed by atoms with Crippen LogP contribution in [-0.4, -0.2) is 75.4 Å². The van der Waals surface area contributed by atoms with Gasteiger partial charge in [-0.25, -0.2) is 9.59 Å². The number of nitriles is 1. The number of amides is 3. The minimum Gasteiger partial charge on any atom is -0.463 e. The molecule has 9 nitrogen and oxygen atoms in total. The largest absolute Gasteiger partial charge is 0.463 e. The topological polar surface area (TPSA) is 109 Å². The Labute approximate surface area is 221 Å². The quantitative estimate of drug-likeness (QED) is 0.360. The van der Waals surface area contributed by atoms with Crippen molar-refractivity contribution >= 4 is 29.6 Å². The number of anilines is 1. The molecule has 0 aromatic heterocycles.